The molecule has 0 aliphatic heterocycles. The van der Waals surface area contributed by atoms with E-state index in [-0.39, 0.29) is 6.10 Å². The quantitative estimate of drug-likeness (QED) is 0.871. The first kappa shape index (κ1) is 13.1. The summed E-state index contributed by atoms with van der Waals surface area (Å²) >= 11 is 1.57. The molecule has 2 aromatic rings. The minimum Gasteiger partial charge on any atom is -0.493 e. The van der Waals surface area contributed by atoms with Crippen LogP contribution in [0.2, 0.25) is 0 Å². The van der Waals surface area contributed by atoms with Crippen molar-refractivity contribution in [3.8, 4) is 5.75 Å². The number of thiazole rings is 1. The van der Waals surface area contributed by atoms with E-state index in [1.165, 1.54) is 5.56 Å². The van der Waals surface area contributed by atoms with Crippen molar-refractivity contribution in [3.05, 3.63) is 46.4 Å². The highest BCUT2D eigenvalue weighted by Crippen LogP contribution is 2.14. The van der Waals surface area contributed by atoms with Crippen LogP contribution < -0.4 is 4.74 Å². The number of aryl methyl sites for hydroxylation is 1. The first-order valence-electron chi connectivity index (χ1n) is 6.00. The van der Waals surface area contributed by atoms with E-state index >= 15 is 0 Å². The molecule has 0 aliphatic rings. The second-order valence-electron chi connectivity index (χ2n) is 4.24. The minimum atomic E-state index is -0.388. The lowest BCUT2D eigenvalue weighted by Gasteiger charge is -2.10. The fourth-order valence-corrected chi connectivity index (χ4v) is 2.36. The molecule has 0 saturated heterocycles. The Kier molecular flexibility index (Phi) is 4.73. The van der Waals surface area contributed by atoms with Gasteiger partial charge in [-0.1, -0.05) is 12.1 Å². The molecular formula is C14H17NO2S. The molecule has 0 radical (unpaired) electrons. The van der Waals surface area contributed by atoms with Gasteiger partial charge in [-0.3, -0.25) is 0 Å². The molecule has 1 aromatic heterocycles. The molecule has 96 valence electrons. The average molecular weight is 263 g/mol. The summed E-state index contributed by atoms with van der Waals surface area (Å²) in [7, 11) is 0. The Morgan fingerprint density at radius 1 is 1.44 bits per heavy atom. The third-order valence-electron chi connectivity index (χ3n) is 2.60. The van der Waals surface area contributed by atoms with Crippen LogP contribution in [0.1, 0.15) is 17.0 Å². The van der Waals surface area contributed by atoms with Crippen LogP contribution in [-0.4, -0.2) is 22.8 Å². The second-order valence-corrected chi connectivity index (χ2v) is 5.22. The van der Waals surface area contributed by atoms with Gasteiger partial charge in [-0.25, -0.2) is 4.98 Å². The van der Waals surface area contributed by atoms with Gasteiger partial charge in [0.15, 0.2) is 0 Å². The topological polar surface area (TPSA) is 42.4 Å². The molecule has 0 spiro atoms. The van der Waals surface area contributed by atoms with E-state index in [1.807, 2.05) is 36.6 Å². The Balaban J connectivity index is 1.72. The van der Waals surface area contributed by atoms with E-state index in [1.54, 1.807) is 17.5 Å². The summed E-state index contributed by atoms with van der Waals surface area (Å²) in [5, 5.41) is 12.7. The molecule has 2 rings (SSSR count). The maximum Gasteiger partial charge on any atom is 0.119 e. The third-order valence-corrected chi connectivity index (χ3v) is 3.41. The lowest BCUT2D eigenvalue weighted by atomic mass is 10.2. The van der Waals surface area contributed by atoms with E-state index in [9.17, 15) is 5.11 Å². The summed E-state index contributed by atoms with van der Waals surface area (Å²) in [4.78, 5) is 4.15. The molecule has 1 N–H and O–H groups in total. The second kappa shape index (κ2) is 6.52. The van der Waals surface area contributed by atoms with Gasteiger partial charge in [0.25, 0.3) is 0 Å². The van der Waals surface area contributed by atoms with Gasteiger partial charge in [-0.2, -0.15) is 0 Å². The van der Waals surface area contributed by atoms with Crippen molar-refractivity contribution in [2.45, 2.75) is 25.9 Å². The van der Waals surface area contributed by atoms with Gasteiger partial charge in [-0.15, -0.1) is 11.3 Å². The number of aliphatic hydroxyl groups excluding tert-OH is 1. The molecule has 0 aliphatic carbocycles. The largest absolute Gasteiger partial charge is 0.493 e. The highest BCUT2D eigenvalue weighted by molar-refractivity contribution is 7.09. The number of benzene rings is 1. The van der Waals surface area contributed by atoms with E-state index in [0.717, 1.165) is 10.8 Å². The fourth-order valence-electron chi connectivity index (χ4n) is 1.68. The molecule has 0 bridgehead atoms. The Morgan fingerprint density at radius 3 is 3.06 bits per heavy atom. The maximum absolute atomic E-state index is 9.84. The zero-order valence-electron chi connectivity index (χ0n) is 10.4. The zero-order valence-corrected chi connectivity index (χ0v) is 11.2. The van der Waals surface area contributed by atoms with Gasteiger partial charge in [0.1, 0.15) is 5.75 Å². The number of nitrogens with zero attached hydrogens (tertiary/aromatic N) is 1. The minimum absolute atomic E-state index is 0.388. The van der Waals surface area contributed by atoms with Crippen LogP contribution in [-0.2, 0) is 6.42 Å². The molecule has 1 unspecified atom stereocenters. The van der Waals surface area contributed by atoms with Crippen LogP contribution in [0.4, 0.5) is 0 Å². The summed E-state index contributed by atoms with van der Waals surface area (Å²) in [6.07, 6.45) is 2.60. The van der Waals surface area contributed by atoms with Gasteiger partial charge < -0.3 is 9.84 Å². The van der Waals surface area contributed by atoms with Gasteiger partial charge in [0, 0.05) is 24.4 Å². The Hall–Kier alpha value is -1.39. The van der Waals surface area contributed by atoms with Crippen molar-refractivity contribution in [1.29, 1.82) is 0 Å². The predicted molar refractivity (Wildman–Crippen MR) is 73.1 cm³/mol. The molecule has 1 heterocycles. The summed E-state index contributed by atoms with van der Waals surface area (Å²) in [5.74, 6) is 0.858. The number of hydrogen-bond donors (Lipinski definition) is 1. The van der Waals surface area contributed by atoms with Crippen molar-refractivity contribution in [1.82, 2.24) is 4.98 Å². The highest BCUT2D eigenvalue weighted by atomic mass is 32.1. The van der Waals surface area contributed by atoms with Gasteiger partial charge in [-0.05, 0) is 24.6 Å². The van der Waals surface area contributed by atoms with Crippen molar-refractivity contribution < 1.29 is 9.84 Å². The third kappa shape index (κ3) is 4.13. The number of aromatic nitrogens is 1. The predicted octanol–water partition coefficient (Wildman–Crippen LogP) is 2.82. The van der Waals surface area contributed by atoms with Crippen LogP contribution >= 0.6 is 11.3 Å². The molecule has 3 nitrogen and oxygen atoms in total. The number of ether oxygens (including phenoxy) is 1. The van der Waals surface area contributed by atoms with E-state index in [4.69, 9.17) is 4.74 Å². The molecular weight excluding hydrogens is 246 g/mol. The molecule has 0 fully saturated rings. The van der Waals surface area contributed by atoms with Crippen LogP contribution in [0.15, 0.2) is 35.8 Å². The van der Waals surface area contributed by atoms with Crippen molar-refractivity contribution in [2.75, 3.05) is 6.61 Å². The van der Waals surface area contributed by atoms with Crippen molar-refractivity contribution in [2.24, 2.45) is 0 Å². The normalized spacial score (nSPS) is 12.3. The van der Waals surface area contributed by atoms with Crippen LogP contribution in [0.3, 0.4) is 0 Å². The van der Waals surface area contributed by atoms with E-state index in [0.29, 0.717) is 19.4 Å². The standard InChI is InChI=1S/C14H17NO2S/c1-11-3-2-4-13(9-11)17-7-5-12(16)10-14-15-6-8-18-14/h2-4,6,8-9,12,16H,5,7,10H2,1H3. The zero-order chi connectivity index (χ0) is 12.8. The van der Waals surface area contributed by atoms with Gasteiger partial charge >= 0.3 is 0 Å². The summed E-state index contributed by atoms with van der Waals surface area (Å²) in [5.41, 5.74) is 1.18. The van der Waals surface area contributed by atoms with Gasteiger partial charge in [0.2, 0.25) is 0 Å². The van der Waals surface area contributed by atoms with Crippen LogP contribution in [0.5, 0.6) is 5.75 Å². The van der Waals surface area contributed by atoms with E-state index in [2.05, 4.69) is 4.98 Å². The Morgan fingerprint density at radius 2 is 2.33 bits per heavy atom. The maximum atomic E-state index is 9.84. The molecule has 1 atom stereocenters. The Labute approximate surface area is 111 Å². The molecule has 1 aromatic carbocycles. The number of aliphatic hydroxyl groups is 1. The first-order chi connectivity index (χ1) is 8.74. The van der Waals surface area contributed by atoms with Crippen molar-refractivity contribution >= 4 is 11.3 Å². The number of hydrogen-bond acceptors (Lipinski definition) is 4. The highest BCUT2D eigenvalue weighted by Gasteiger charge is 2.07. The lowest BCUT2D eigenvalue weighted by Crippen LogP contribution is -2.14. The molecule has 4 heteroatoms. The van der Waals surface area contributed by atoms with Crippen LogP contribution in [0, 0.1) is 6.92 Å². The van der Waals surface area contributed by atoms with E-state index < -0.39 is 0 Å². The monoisotopic (exact) mass is 263 g/mol. The first-order valence-corrected chi connectivity index (χ1v) is 6.88. The lowest BCUT2D eigenvalue weighted by molar-refractivity contribution is 0.139. The van der Waals surface area contributed by atoms with Crippen LogP contribution in [0.25, 0.3) is 0 Å². The molecule has 0 saturated carbocycles. The Bertz CT molecular complexity index is 470. The number of rotatable bonds is 6. The summed E-state index contributed by atoms with van der Waals surface area (Å²) in [6, 6.07) is 7.92. The summed E-state index contributed by atoms with van der Waals surface area (Å²) < 4.78 is 5.60. The SMILES string of the molecule is Cc1cccc(OCCC(O)Cc2nccs2)c1. The molecule has 18 heavy (non-hydrogen) atoms. The molecule has 0 amide bonds. The van der Waals surface area contributed by atoms with Crippen molar-refractivity contribution in [3.63, 3.8) is 0 Å². The fraction of sp³-hybridized carbons (Fsp3) is 0.357. The smallest absolute Gasteiger partial charge is 0.119 e. The van der Waals surface area contributed by atoms with Gasteiger partial charge in [0.05, 0.1) is 17.7 Å². The summed E-state index contributed by atoms with van der Waals surface area (Å²) in [6.45, 7) is 2.56. The average Bonchev–Trinajstić information content (AvgIpc) is 2.82.